The quantitative estimate of drug-likeness (QED) is 0.0554. The lowest BCUT2D eigenvalue weighted by atomic mass is 9.84. The number of methoxy groups -OCH3 is 2. The predicted molar refractivity (Wildman–Crippen MR) is 301 cm³/mol. The van der Waals surface area contributed by atoms with E-state index in [0.717, 1.165) is 31.9 Å². The molecule has 2 amide bonds. The summed E-state index contributed by atoms with van der Waals surface area (Å²) < 4.78 is 92.2. The van der Waals surface area contributed by atoms with E-state index in [9.17, 15) is 23.4 Å². The Morgan fingerprint density at radius 3 is 2.27 bits per heavy atom. The maximum Gasteiger partial charge on any atom is 0.407 e. The van der Waals surface area contributed by atoms with E-state index in [-0.39, 0.29) is 39.3 Å². The fourth-order valence-corrected chi connectivity index (χ4v) is 12.1. The number of pyridine rings is 1. The minimum atomic E-state index is -4.65. The summed E-state index contributed by atoms with van der Waals surface area (Å²) in [6, 6.07) is 5.07. The van der Waals surface area contributed by atoms with Gasteiger partial charge in [-0.1, -0.05) is 33.5 Å². The van der Waals surface area contributed by atoms with Crippen molar-refractivity contribution in [3.05, 3.63) is 41.7 Å². The molecule has 6 atom stereocenters. The van der Waals surface area contributed by atoms with E-state index in [1.165, 1.54) is 36.5 Å². The molecule has 0 unspecified atom stereocenters. The third-order valence-electron chi connectivity index (χ3n) is 15.0. The molecule has 3 N–H and O–H groups in total. The molecule has 2 aromatic heterocycles. The second-order valence-corrected chi connectivity index (χ2v) is 32.0. The highest BCUT2D eigenvalue weighted by Crippen LogP contribution is 2.44. The predicted octanol–water partition coefficient (Wildman–Crippen LogP) is 7.12. The first kappa shape index (κ1) is 61.8. The zero-order valence-corrected chi connectivity index (χ0v) is 50.0. The van der Waals surface area contributed by atoms with Gasteiger partial charge in [0, 0.05) is 102 Å². The highest BCUT2D eigenvalue weighted by Gasteiger charge is 2.45. The summed E-state index contributed by atoms with van der Waals surface area (Å²) in [6.45, 7) is 21.3. The number of carbonyl (C=O) groups excluding carboxylic acids is 4. The van der Waals surface area contributed by atoms with Gasteiger partial charge in [-0.2, -0.15) is 13.2 Å². The molecule has 3 aromatic rings. The van der Waals surface area contributed by atoms with Crippen LogP contribution in [0, 0.1) is 5.41 Å². The Hall–Kier alpha value is -4.85. The van der Waals surface area contributed by atoms with Gasteiger partial charge in [0.25, 0.3) is 5.91 Å². The number of alkyl halides is 3. The van der Waals surface area contributed by atoms with E-state index in [2.05, 4.69) is 44.9 Å². The molecule has 0 bridgehead atoms. The van der Waals surface area contributed by atoms with Crippen LogP contribution in [0.4, 0.5) is 29.3 Å². The molecule has 1 aliphatic carbocycles. The first-order valence-corrected chi connectivity index (χ1v) is 32.4. The van der Waals surface area contributed by atoms with Gasteiger partial charge in [0.15, 0.2) is 0 Å². The summed E-state index contributed by atoms with van der Waals surface area (Å²) in [7, 11) is -0.686. The molecule has 79 heavy (non-hydrogen) atoms. The van der Waals surface area contributed by atoms with Gasteiger partial charge >= 0.3 is 24.2 Å². The number of nitrogens with one attached hydrogen (secondary N) is 3. The molecular weight excluding hydrogens is 1060 g/mol. The van der Waals surface area contributed by atoms with Crippen molar-refractivity contribution in [2.75, 3.05) is 89.7 Å². The van der Waals surface area contributed by atoms with Crippen LogP contribution in [0.15, 0.2) is 30.5 Å². The fourth-order valence-electron chi connectivity index (χ4n) is 10.4. The molecular formula is C55H84F3N9O10SSi. The first-order chi connectivity index (χ1) is 37.1. The van der Waals surface area contributed by atoms with E-state index < -0.39 is 96.2 Å². The van der Waals surface area contributed by atoms with Crippen LogP contribution in [0.5, 0.6) is 0 Å². The molecule has 4 aliphatic rings. The molecule has 4 fully saturated rings. The van der Waals surface area contributed by atoms with Crippen LogP contribution in [-0.4, -0.2) is 177 Å². The number of alkyl carbamates (subject to hydrolysis) is 1. The van der Waals surface area contributed by atoms with Crippen molar-refractivity contribution in [1.29, 1.82) is 0 Å². The number of hydrazine groups is 1. The number of hydrogen-bond acceptors (Lipinski definition) is 15. The number of ether oxygens (including phenoxy) is 5. The lowest BCUT2D eigenvalue weighted by Gasteiger charge is -2.42. The van der Waals surface area contributed by atoms with Gasteiger partial charge in [-0.25, -0.2) is 19.2 Å². The minimum absolute atomic E-state index is 0.0101. The number of amides is 2. The molecule has 0 radical (unpaired) electrons. The molecule has 0 spiro atoms. The Kier molecular flexibility index (Phi) is 20.0. The maximum absolute atomic E-state index is 15.2. The SMILES string of the molecule is COC(=O)[C@@H]1CCCN(C(=O)[C@@H](NC(=O)OCC[Si](C)(C)C)[C@H](N[S@@](=O)C(C)(C)C)[C@H]2CN(c3ccc4c(c3)c(CC(C)(C)COC(C)=O)c(-c3cc(N5CCN(C6CC6)CC5)cnc3[C@H](C)OC)n4CC(F)(F)F)CCO2)N1. The van der Waals surface area contributed by atoms with Crippen molar-refractivity contribution >= 4 is 65.3 Å². The van der Waals surface area contributed by atoms with Crippen molar-refractivity contribution in [3.63, 3.8) is 0 Å². The van der Waals surface area contributed by atoms with Crippen LogP contribution in [-0.2, 0) is 62.0 Å². The van der Waals surface area contributed by atoms with E-state index in [4.69, 9.17) is 28.7 Å². The molecule has 1 aromatic carbocycles. The second kappa shape index (κ2) is 25.5. The number of carbonyl (C=O) groups is 4. The van der Waals surface area contributed by atoms with Gasteiger partial charge in [0.2, 0.25) is 0 Å². The van der Waals surface area contributed by atoms with Gasteiger partial charge in [-0.3, -0.25) is 29.3 Å². The molecule has 440 valence electrons. The van der Waals surface area contributed by atoms with Crippen LogP contribution < -0.4 is 25.3 Å². The highest BCUT2D eigenvalue weighted by atomic mass is 32.2. The van der Waals surface area contributed by atoms with Crippen molar-refractivity contribution in [3.8, 4) is 11.3 Å². The smallest absolute Gasteiger partial charge is 0.407 e. The highest BCUT2D eigenvalue weighted by molar-refractivity contribution is 7.84. The topological polar surface area (TPSA) is 198 Å². The molecule has 7 rings (SSSR count). The van der Waals surface area contributed by atoms with Gasteiger partial charge in [-0.05, 0) is 95.7 Å². The molecule has 1 saturated carbocycles. The number of nitrogens with zero attached hydrogens (tertiary/aromatic N) is 6. The molecule has 3 aliphatic heterocycles. The number of hydrogen-bond donors (Lipinski definition) is 3. The molecule has 3 saturated heterocycles. The van der Waals surface area contributed by atoms with Crippen molar-refractivity contribution in [2.45, 2.75) is 160 Å². The zero-order chi connectivity index (χ0) is 57.8. The third kappa shape index (κ3) is 16.2. The van der Waals surface area contributed by atoms with E-state index in [0.29, 0.717) is 70.6 Å². The first-order valence-electron chi connectivity index (χ1n) is 27.6. The Balaban J connectivity index is 1.34. The normalized spacial score (nSPS) is 20.6. The number of anilines is 2. The van der Waals surface area contributed by atoms with Crippen LogP contribution in [0.25, 0.3) is 22.2 Å². The van der Waals surface area contributed by atoms with Gasteiger partial charge < -0.3 is 43.4 Å². The zero-order valence-electron chi connectivity index (χ0n) is 48.2. The summed E-state index contributed by atoms with van der Waals surface area (Å²) in [5.74, 6) is -1.69. The van der Waals surface area contributed by atoms with E-state index >= 15 is 13.2 Å². The number of morpholine rings is 1. The monoisotopic (exact) mass is 1150 g/mol. The summed E-state index contributed by atoms with van der Waals surface area (Å²) >= 11 is 0. The van der Waals surface area contributed by atoms with Crippen molar-refractivity contribution < 1.29 is 60.2 Å². The standard InChI is InChI=1S/C55H84F3N9O10SSi/c1-35(73-8)46-41(29-39(31-59-46)64-22-20-63(21-23-64)37-15-16-37)49-42(30-54(6,7)34-77-36(2)68)40-28-38(17-18-44(40)66(49)33-55(56,57)58)65-24-25-75-45(32-65)47(62-78(72)53(3,4)5)48(60-52(71)76-26-27-79(10,11)12)50(69)67-19-13-14-43(61-67)51(70)74-9/h17-18,28-29,31,35,37,43,45,47-48,61-62H,13-16,19-27,30,32-34H2,1-12H3,(H,60,71)/t35-,43-,45+,47+,48-,78-/m0/s1. The number of halogens is 3. The lowest BCUT2D eigenvalue weighted by Crippen LogP contribution is -2.68. The molecule has 24 heteroatoms. The molecule has 19 nitrogen and oxygen atoms in total. The van der Waals surface area contributed by atoms with Crippen molar-refractivity contribution in [1.82, 2.24) is 34.9 Å². The lowest BCUT2D eigenvalue weighted by molar-refractivity contribution is -0.151. The Morgan fingerprint density at radius 2 is 1.65 bits per heavy atom. The summed E-state index contributed by atoms with van der Waals surface area (Å²) in [4.78, 5) is 65.5. The summed E-state index contributed by atoms with van der Waals surface area (Å²) in [5.41, 5.74) is 5.80. The third-order valence-corrected chi connectivity index (χ3v) is 18.3. The largest absolute Gasteiger partial charge is 0.468 e. The van der Waals surface area contributed by atoms with Gasteiger partial charge in [0.05, 0.1) is 84.2 Å². The average Bonchev–Trinajstić information content (AvgIpc) is 4.40. The molecule has 5 heterocycles. The van der Waals surface area contributed by atoms with Gasteiger partial charge in [0.1, 0.15) is 18.6 Å². The number of piperazine rings is 1. The Bertz CT molecular complexity index is 2670. The average molecular weight is 1150 g/mol. The van der Waals surface area contributed by atoms with Gasteiger partial charge in [-0.15, -0.1) is 0 Å². The Morgan fingerprint density at radius 1 is 0.937 bits per heavy atom. The fraction of sp³-hybridized carbons (Fsp3) is 0.691. The number of esters is 2. The number of fused-ring (bicyclic) bond motifs is 1. The van der Waals surface area contributed by atoms with Crippen LogP contribution in [0.1, 0.15) is 91.5 Å². The van der Waals surface area contributed by atoms with E-state index in [1.807, 2.05) is 37.8 Å². The van der Waals surface area contributed by atoms with Crippen molar-refractivity contribution in [2.24, 2.45) is 5.41 Å². The summed E-state index contributed by atoms with van der Waals surface area (Å²) in [6.07, 6.45) is -1.89. The second-order valence-electron chi connectivity index (χ2n) is 24.4. The number of benzene rings is 1. The van der Waals surface area contributed by atoms with Crippen LogP contribution in [0.3, 0.4) is 0 Å². The van der Waals surface area contributed by atoms with E-state index in [1.54, 1.807) is 46.2 Å². The van der Waals surface area contributed by atoms with Crippen LogP contribution in [0.2, 0.25) is 25.7 Å². The minimum Gasteiger partial charge on any atom is -0.468 e. The summed E-state index contributed by atoms with van der Waals surface area (Å²) in [5, 5.41) is 4.60. The number of rotatable bonds is 21. The number of aromatic nitrogens is 2. The maximum atomic E-state index is 15.2. The Labute approximate surface area is 466 Å². The van der Waals surface area contributed by atoms with Crippen LogP contribution >= 0.6 is 0 Å².